The largest absolute Gasteiger partial charge is 0.358 e. The number of fused-ring (bicyclic) bond motifs is 1. The summed E-state index contributed by atoms with van der Waals surface area (Å²) < 4.78 is 0. The first-order valence-electron chi connectivity index (χ1n) is 8.30. The molecule has 1 heteroatoms. The number of aryl methyl sites for hydroxylation is 1. The summed E-state index contributed by atoms with van der Waals surface area (Å²) >= 11 is 0. The predicted molar refractivity (Wildman–Crippen MR) is 82.9 cm³/mol. The highest BCUT2D eigenvalue weighted by atomic mass is 14.8. The van der Waals surface area contributed by atoms with Crippen LogP contribution >= 0.6 is 0 Å². The van der Waals surface area contributed by atoms with Crippen LogP contribution in [0.5, 0.6) is 0 Å². The standard InChI is InChI=1S/C19H23N/c1-12-2-3-17-16(4-12)8-18(20-17)19-9-13-5-14(10-19)7-15(6-13)11-19/h2-4,8,13-15,20H,5-7,9-11H2,1H3. The first-order chi connectivity index (χ1) is 9.70. The second-order valence-electron chi connectivity index (χ2n) is 7.97. The second-order valence-corrected chi connectivity index (χ2v) is 7.97. The molecule has 1 nitrogen and oxygen atoms in total. The quantitative estimate of drug-likeness (QED) is 0.751. The van der Waals surface area contributed by atoms with Crippen molar-refractivity contribution in [2.45, 2.75) is 50.9 Å². The Kier molecular flexibility index (Phi) is 2.11. The van der Waals surface area contributed by atoms with E-state index in [-0.39, 0.29) is 0 Å². The van der Waals surface area contributed by atoms with Gasteiger partial charge in [-0.3, -0.25) is 0 Å². The Labute approximate surface area is 120 Å². The van der Waals surface area contributed by atoms with Crippen molar-refractivity contribution < 1.29 is 0 Å². The number of rotatable bonds is 1. The highest BCUT2D eigenvalue weighted by Crippen LogP contribution is 2.60. The van der Waals surface area contributed by atoms with Crippen LogP contribution in [0.2, 0.25) is 0 Å². The zero-order chi connectivity index (χ0) is 13.3. The van der Waals surface area contributed by atoms with E-state index in [1.165, 1.54) is 55.0 Å². The average Bonchev–Trinajstić information content (AvgIpc) is 2.80. The van der Waals surface area contributed by atoms with Crippen LogP contribution < -0.4 is 0 Å². The van der Waals surface area contributed by atoms with Gasteiger partial charge < -0.3 is 4.98 Å². The van der Waals surface area contributed by atoms with Gasteiger partial charge in [-0.2, -0.15) is 0 Å². The molecule has 20 heavy (non-hydrogen) atoms. The highest BCUT2D eigenvalue weighted by molar-refractivity contribution is 5.81. The topological polar surface area (TPSA) is 15.8 Å². The Bertz CT molecular complexity index is 643. The minimum atomic E-state index is 0.502. The minimum Gasteiger partial charge on any atom is -0.358 e. The van der Waals surface area contributed by atoms with Gasteiger partial charge in [-0.05, 0) is 86.8 Å². The van der Waals surface area contributed by atoms with Crippen molar-refractivity contribution in [1.82, 2.24) is 4.98 Å². The molecular formula is C19H23N. The number of aromatic amines is 1. The Morgan fingerprint density at radius 3 is 2.25 bits per heavy atom. The van der Waals surface area contributed by atoms with Crippen LogP contribution in [0.4, 0.5) is 0 Å². The molecule has 104 valence electrons. The summed E-state index contributed by atoms with van der Waals surface area (Å²) in [5.74, 6) is 3.07. The smallest absolute Gasteiger partial charge is 0.0456 e. The van der Waals surface area contributed by atoms with E-state index in [9.17, 15) is 0 Å². The zero-order valence-corrected chi connectivity index (χ0v) is 12.3. The van der Waals surface area contributed by atoms with Crippen LogP contribution in [0.25, 0.3) is 10.9 Å². The summed E-state index contributed by atoms with van der Waals surface area (Å²) in [6.45, 7) is 2.19. The molecule has 1 aromatic carbocycles. The van der Waals surface area contributed by atoms with Gasteiger partial charge in [0.15, 0.2) is 0 Å². The Balaban J connectivity index is 1.63. The molecule has 0 spiro atoms. The fraction of sp³-hybridized carbons (Fsp3) is 0.579. The maximum atomic E-state index is 3.78. The molecule has 2 aromatic rings. The molecule has 4 fully saturated rings. The molecule has 1 heterocycles. The van der Waals surface area contributed by atoms with Crippen molar-refractivity contribution in [3.05, 3.63) is 35.5 Å². The normalized spacial score (nSPS) is 38.8. The van der Waals surface area contributed by atoms with Crippen LogP contribution in [-0.4, -0.2) is 4.98 Å². The van der Waals surface area contributed by atoms with Gasteiger partial charge in [0.05, 0.1) is 0 Å². The summed E-state index contributed by atoms with van der Waals surface area (Å²) in [6, 6.07) is 9.28. The predicted octanol–water partition coefficient (Wildman–Crippen LogP) is 4.94. The number of hydrogen-bond acceptors (Lipinski definition) is 0. The van der Waals surface area contributed by atoms with Crippen LogP contribution in [0.15, 0.2) is 24.3 Å². The number of aromatic nitrogens is 1. The van der Waals surface area contributed by atoms with E-state index in [0.717, 1.165) is 17.8 Å². The lowest BCUT2D eigenvalue weighted by molar-refractivity contribution is -0.00686. The summed E-state index contributed by atoms with van der Waals surface area (Å²) in [5.41, 5.74) is 4.76. The molecule has 0 atom stereocenters. The molecule has 1 aromatic heterocycles. The van der Waals surface area contributed by atoms with E-state index in [4.69, 9.17) is 0 Å². The van der Waals surface area contributed by atoms with Gasteiger partial charge in [-0.15, -0.1) is 0 Å². The van der Waals surface area contributed by atoms with E-state index >= 15 is 0 Å². The van der Waals surface area contributed by atoms with Gasteiger partial charge >= 0.3 is 0 Å². The SMILES string of the molecule is Cc1ccc2[nH]c(C34CC5CC(CC(C5)C3)C4)cc2c1. The van der Waals surface area contributed by atoms with E-state index in [1.807, 2.05) is 0 Å². The van der Waals surface area contributed by atoms with E-state index < -0.39 is 0 Å². The molecule has 0 amide bonds. The molecule has 0 saturated heterocycles. The molecule has 0 unspecified atom stereocenters. The van der Waals surface area contributed by atoms with Crippen LogP contribution in [0.3, 0.4) is 0 Å². The Hall–Kier alpha value is -1.24. The van der Waals surface area contributed by atoms with Crippen molar-refractivity contribution in [2.24, 2.45) is 17.8 Å². The average molecular weight is 265 g/mol. The number of hydrogen-bond donors (Lipinski definition) is 1. The third kappa shape index (κ3) is 1.50. The molecule has 4 aliphatic rings. The number of H-pyrrole nitrogens is 1. The maximum absolute atomic E-state index is 3.78. The summed E-state index contributed by atoms with van der Waals surface area (Å²) in [6.07, 6.45) is 8.93. The van der Waals surface area contributed by atoms with Gasteiger partial charge in [0.2, 0.25) is 0 Å². The lowest BCUT2D eigenvalue weighted by atomic mass is 9.49. The lowest BCUT2D eigenvalue weighted by Crippen LogP contribution is -2.48. The summed E-state index contributed by atoms with van der Waals surface area (Å²) in [4.78, 5) is 3.78. The van der Waals surface area contributed by atoms with Gasteiger partial charge in [0, 0.05) is 16.6 Å². The van der Waals surface area contributed by atoms with Crippen LogP contribution in [-0.2, 0) is 5.41 Å². The molecule has 4 saturated carbocycles. The molecule has 4 bridgehead atoms. The summed E-state index contributed by atoms with van der Waals surface area (Å²) in [5, 5.41) is 1.41. The minimum absolute atomic E-state index is 0.502. The van der Waals surface area contributed by atoms with Gasteiger partial charge in [0.25, 0.3) is 0 Å². The monoisotopic (exact) mass is 265 g/mol. The Morgan fingerprint density at radius 1 is 0.950 bits per heavy atom. The first kappa shape index (κ1) is 11.4. The highest BCUT2D eigenvalue weighted by Gasteiger charge is 2.52. The van der Waals surface area contributed by atoms with E-state index in [2.05, 4.69) is 36.2 Å². The lowest BCUT2D eigenvalue weighted by Gasteiger charge is -2.56. The van der Waals surface area contributed by atoms with Gasteiger partial charge in [-0.25, -0.2) is 0 Å². The first-order valence-corrected chi connectivity index (χ1v) is 8.30. The molecule has 6 rings (SSSR count). The zero-order valence-electron chi connectivity index (χ0n) is 12.3. The fourth-order valence-corrected chi connectivity index (χ4v) is 5.98. The molecule has 1 N–H and O–H groups in total. The van der Waals surface area contributed by atoms with Gasteiger partial charge in [0.1, 0.15) is 0 Å². The molecule has 0 radical (unpaired) electrons. The number of benzene rings is 1. The molecular weight excluding hydrogens is 242 g/mol. The van der Waals surface area contributed by atoms with Crippen LogP contribution in [0, 0.1) is 24.7 Å². The molecule has 0 aliphatic heterocycles. The Morgan fingerprint density at radius 2 is 1.60 bits per heavy atom. The van der Waals surface area contributed by atoms with Crippen molar-refractivity contribution in [3.8, 4) is 0 Å². The third-order valence-electron chi connectivity index (χ3n) is 6.39. The maximum Gasteiger partial charge on any atom is 0.0456 e. The van der Waals surface area contributed by atoms with E-state index in [0.29, 0.717) is 5.41 Å². The van der Waals surface area contributed by atoms with Crippen LogP contribution in [0.1, 0.15) is 49.8 Å². The van der Waals surface area contributed by atoms with Crippen molar-refractivity contribution in [3.63, 3.8) is 0 Å². The van der Waals surface area contributed by atoms with Gasteiger partial charge in [-0.1, -0.05) is 11.6 Å². The summed E-state index contributed by atoms with van der Waals surface area (Å²) in [7, 11) is 0. The third-order valence-corrected chi connectivity index (χ3v) is 6.39. The van der Waals surface area contributed by atoms with Crippen molar-refractivity contribution in [2.75, 3.05) is 0 Å². The fourth-order valence-electron chi connectivity index (χ4n) is 5.98. The van der Waals surface area contributed by atoms with Crippen molar-refractivity contribution >= 4 is 10.9 Å². The second kappa shape index (κ2) is 3.69. The van der Waals surface area contributed by atoms with E-state index in [1.54, 1.807) is 5.69 Å². The molecule has 4 aliphatic carbocycles. The number of nitrogens with one attached hydrogen (secondary N) is 1. The van der Waals surface area contributed by atoms with Crippen molar-refractivity contribution in [1.29, 1.82) is 0 Å².